The van der Waals surface area contributed by atoms with Crippen LogP contribution in [-0.2, 0) is 4.79 Å². The predicted octanol–water partition coefficient (Wildman–Crippen LogP) is -5.11. The van der Waals surface area contributed by atoms with E-state index in [9.17, 15) is 4.79 Å². The molecule has 13 heteroatoms. The SMILES string of the molecule is O=C(O)CS.O=[N+]([O-])O.[Br-].[I-].[NH4+].[NH4+].c1ccnnc1. The van der Waals surface area contributed by atoms with Gasteiger partial charge in [-0.2, -0.15) is 22.8 Å². The first-order valence-corrected chi connectivity index (χ1v) is 4.01. The number of quaternary nitrogens is 2. The van der Waals surface area contributed by atoms with Crippen LogP contribution in [-0.4, -0.2) is 37.3 Å². The van der Waals surface area contributed by atoms with E-state index in [1.165, 1.54) is 0 Å². The molecule has 1 aromatic heterocycles. The van der Waals surface area contributed by atoms with E-state index in [1.54, 1.807) is 12.4 Å². The summed E-state index contributed by atoms with van der Waals surface area (Å²) in [7, 11) is 0. The average molecular weight is 478 g/mol. The van der Waals surface area contributed by atoms with E-state index in [0.29, 0.717) is 0 Å². The molecule has 0 aliphatic heterocycles. The van der Waals surface area contributed by atoms with E-state index in [-0.39, 0.29) is 59.0 Å². The van der Waals surface area contributed by atoms with Crippen LogP contribution in [0.3, 0.4) is 0 Å². The van der Waals surface area contributed by atoms with Crippen LogP contribution < -0.4 is 53.3 Å². The largest absolute Gasteiger partial charge is 1.00 e. The van der Waals surface area contributed by atoms with Crippen LogP contribution in [0.15, 0.2) is 24.5 Å². The molecule has 0 aliphatic carbocycles. The number of aromatic nitrogens is 2. The lowest BCUT2D eigenvalue weighted by molar-refractivity contribution is -0.742. The van der Waals surface area contributed by atoms with E-state index >= 15 is 0 Å². The maximum Gasteiger partial charge on any atom is 0.313 e. The van der Waals surface area contributed by atoms with Crippen molar-refractivity contribution in [1.82, 2.24) is 22.5 Å². The summed E-state index contributed by atoms with van der Waals surface area (Å²) in [5, 5.41) is 28.4. The third-order valence-electron chi connectivity index (χ3n) is 0.619. The van der Waals surface area contributed by atoms with E-state index in [2.05, 4.69) is 22.8 Å². The lowest BCUT2D eigenvalue weighted by Crippen LogP contribution is -3.00. The Morgan fingerprint density at radius 3 is 1.53 bits per heavy atom. The monoisotopic (exact) mass is 477 g/mol. The van der Waals surface area contributed by atoms with Crippen LogP contribution in [0.25, 0.3) is 0 Å². The summed E-state index contributed by atoms with van der Waals surface area (Å²) in [5.41, 5.74) is 0. The van der Waals surface area contributed by atoms with E-state index in [0.717, 1.165) is 0 Å². The molecular formula is C6H17BrIN5O5S. The smallest absolute Gasteiger partial charge is 0.313 e. The number of hydrogen-bond donors (Lipinski definition) is 5. The maximum absolute atomic E-state index is 9.29. The third kappa shape index (κ3) is 76.5. The molecule has 1 heterocycles. The fourth-order valence-electron chi connectivity index (χ4n) is 0.253. The van der Waals surface area contributed by atoms with Crippen LogP contribution in [0, 0.1) is 10.1 Å². The van der Waals surface area contributed by atoms with Crippen LogP contribution in [0.2, 0.25) is 0 Å². The molecule has 0 aromatic carbocycles. The first-order chi connectivity index (χ1) is 7.00. The molecule has 1 rings (SSSR count). The van der Waals surface area contributed by atoms with Gasteiger partial charge in [0.05, 0.1) is 5.75 Å². The second-order valence-electron chi connectivity index (χ2n) is 1.70. The highest BCUT2D eigenvalue weighted by atomic mass is 127. The summed E-state index contributed by atoms with van der Waals surface area (Å²) in [6, 6.07) is 3.65. The van der Waals surface area contributed by atoms with Gasteiger partial charge >= 0.3 is 5.97 Å². The minimum atomic E-state index is -1.50. The Morgan fingerprint density at radius 1 is 1.26 bits per heavy atom. The van der Waals surface area contributed by atoms with Crippen molar-refractivity contribution in [2.24, 2.45) is 0 Å². The van der Waals surface area contributed by atoms with Gasteiger partial charge in [0.1, 0.15) is 0 Å². The third-order valence-corrected chi connectivity index (χ3v) is 0.889. The summed E-state index contributed by atoms with van der Waals surface area (Å²) in [4.78, 5) is 17.7. The van der Waals surface area contributed by atoms with Crippen LogP contribution in [0.1, 0.15) is 0 Å². The Hall–Kier alpha value is -0.770. The molecule has 0 fully saturated rings. The highest BCUT2D eigenvalue weighted by Crippen LogP contribution is 1.68. The van der Waals surface area contributed by atoms with Gasteiger partial charge in [0.2, 0.25) is 0 Å². The molecule has 0 atom stereocenters. The Labute approximate surface area is 142 Å². The van der Waals surface area contributed by atoms with Gasteiger partial charge in [0.25, 0.3) is 5.09 Å². The quantitative estimate of drug-likeness (QED) is 0.115. The Balaban J connectivity index is -0.0000000308. The van der Waals surface area contributed by atoms with Crippen molar-refractivity contribution in [1.29, 1.82) is 0 Å². The van der Waals surface area contributed by atoms with E-state index in [1.807, 2.05) is 12.1 Å². The zero-order valence-corrected chi connectivity index (χ0v) is 14.8. The van der Waals surface area contributed by atoms with Crippen LogP contribution in [0.5, 0.6) is 0 Å². The van der Waals surface area contributed by atoms with Crippen LogP contribution in [0.4, 0.5) is 0 Å². The first-order valence-electron chi connectivity index (χ1n) is 3.38. The molecule has 0 radical (unpaired) electrons. The molecule has 0 saturated heterocycles. The highest BCUT2D eigenvalue weighted by molar-refractivity contribution is 7.81. The van der Waals surface area contributed by atoms with Crippen molar-refractivity contribution in [3.63, 3.8) is 0 Å². The number of thiol groups is 1. The molecular weight excluding hydrogens is 461 g/mol. The Kier molecular flexibility index (Phi) is 57.8. The van der Waals surface area contributed by atoms with Gasteiger partial charge in [-0.05, 0) is 12.1 Å². The molecule has 0 amide bonds. The van der Waals surface area contributed by atoms with Crippen molar-refractivity contribution in [3.8, 4) is 0 Å². The molecule has 0 saturated carbocycles. The molecule has 10 nitrogen and oxygen atoms in total. The van der Waals surface area contributed by atoms with Gasteiger partial charge in [0.15, 0.2) is 0 Å². The predicted molar refractivity (Wildman–Crippen MR) is 64.3 cm³/mol. The summed E-state index contributed by atoms with van der Waals surface area (Å²) in [5.74, 6) is -0.965. The molecule has 116 valence electrons. The molecule has 10 N–H and O–H groups in total. The van der Waals surface area contributed by atoms with Crippen molar-refractivity contribution in [2.45, 2.75) is 0 Å². The van der Waals surface area contributed by atoms with Crippen molar-refractivity contribution in [3.05, 3.63) is 34.6 Å². The van der Waals surface area contributed by atoms with Gasteiger partial charge in [0, 0.05) is 12.4 Å². The number of carboxylic acids is 1. The highest BCUT2D eigenvalue weighted by Gasteiger charge is 1.81. The topological polar surface area (TPSA) is 199 Å². The lowest BCUT2D eigenvalue weighted by atomic mass is 10.6. The minimum Gasteiger partial charge on any atom is -1.00 e. The standard InChI is InChI=1S/C4H4N2.C2H4O2S.BrH.HI.HNO3.2H3N/c1-2-4-6-5-3-1;3-2(4)1-5;;;2-1(3)4;;/h1-4H;5H,1H2,(H,3,4);2*1H;(H,2,3,4);2*1H3. The Morgan fingerprint density at radius 2 is 1.47 bits per heavy atom. The molecule has 0 bridgehead atoms. The second-order valence-corrected chi connectivity index (χ2v) is 2.02. The summed E-state index contributed by atoms with van der Waals surface area (Å²) in [6.07, 6.45) is 3.28. The summed E-state index contributed by atoms with van der Waals surface area (Å²) >= 11 is 3.42. The van der Waals surface area contributed by atoms with E-state index < -0.39 is 11.1 Å². The summed E-state index contributed by atoms with van der Waals surface area (Å²) < 4.78 is 0. The zero-order valence-electron chi connectivity index (χ0n) is 10.2. The number of carboxylic acid groups (broad SMARTS) is 1. The number of nitrogens with zero attached hydrogens (tertiary/aromatic N) is 3. The fraction of sp³-hybridized carbons (Fsp3) is 0.167. The zero-order chi connectivity index (χ0) is 12.1. The maximum atomic E-state index is 9.29. The van der Waals surface area contributed by atoms with Gasteiger partial charge in [-0.25, -0.2) is 0 Å². The molecule has 0 aliphatic rings. The van der Waals surface area contributed by atoms with Gasteiger partial charge in [-0.3, -0.25) is 4.79 Å². The second kappa shape index (κ2) is 30.3. The Bertz CT molecular complexity index is 255. The molecule has 0 spiro atoms. The average Bonchev–Trinajstić information content (AvgIpc) is 2.20. The van der Waals surface area contributed by atoms with Crippen LogP contribution >= 0.6 is 12.6 Å². The first kappa shape index (κ1) is 36.2. The molecule has 0 unspecified atom stereocenters. The number of rotatable bonds is 1. The number of aliphatic carboxylic acids is 1. The van der Waals surface area contributed by atoms with Gasteiger partial charge in [-0.1, -0.05) is 0 Å². The minimum absolute atomic E-state index is 0. The number of carbonyl (C=O) groups is 1. The van der Waals surface area contributed by atoms with Gasteiger partial charge < -0.3 is 63.6 Å². The number of halogens is 2. The van der Waals surface area contributed by atoms with Gasteiger partial charge in [-0.15, -0.1) is 10.1 Å². The fourth-order valence-corrected chi connectivity index (χ4v) is 0.253. The lowest BCUT2D eigenvalue weighted by Gasteiger charge is -1.71. The summed E-state index contributed by atoms with van der Waals surface area (Å²) in [6.45, 7) is 0. The van der Waals surface area contributed by atoms with Crippen molar-refractivity contribution >= 4 is 18.6 Å². The van der Waals surface area contributed by atoms with E-state index in [4.69, 9.17) is 20.4 Å². The molecule has 1 aromatic rings. The normalized spacial score (nSPS) is 5.74. The van der Waals surface area contributed by atoms with Crippen molar-refractivity contribution < 1.29 is 61.2 Å². The molecule has 19 heavy (non-hydrogen) atoms. The van der Waals surface area contributed by atoms with Crippen molar-refractivity contribution in [2.75, 3.05) is 5.75 Å². The number of hydrogen-bond acceptors (Lipinski definition) is 6.